The molecule has 0 N–H and O–H groups in total. The molecule has 4 heteroatoms. The molecule has 1 rings (SSSR count). The number of carbonyl (C=O) groups is 1. The van der Waals surface area contributed by atoms with Crippen molar-refractivity contribution in [1.29, 1.82) is 0 Å². The van der Waals surface area contributed by atoms with Crippen molar-refractivity contribution in [2.24, 2.45) is 0 Å². The highest BCUT2D eigenvalue weighted by Crippen LogP contribution is 2.07. The van der Waals surface area contributed by atoms with E-state index in [1.54, 1.807) is 0 Å². The van der Waals surface area contributed by atoms with E-state index in [1.165, 1.54) is 0 Å². The normalized spacial score (nSPS) is 26.8. The van der Waals surface area contributed by atoms with E-state index in [2.05, 4.69) is 9.47 Å². The molecule has 1 aliphatic rings. The molecule has 3 nitrogen and oxygen atoms in total. The molecular formula is C5H7FO3. The van der Waals surface area contributed by atoms with Crippen LogP contribution in [0.4, 0.5) is 9.18 Å². The van der Waals surface area contributed by atoms with Crippen LogP contribution in [0.5, 0.6) is 0 Å². The summed E-state index contributed by atoms with van der Waals surface area (Å²) in [6.45, 7) is -0.345. The quantitative estimate of drug-likeness (QED) is 0.499. The monoisotopic (exact) mass is 134 g/mol. The van der Waals surface area contributed by atoms with Crippen molar-refractivity contribution in [3.8, 4) is 0 Å². The first kappa shape index (κ1) is 6.32. The highest BCUT2D eigenvalue weighted by atomic mass is 19.1. The second-order valence-electron chi connectivity index (χ2n) is 1.78. The molecule has 1 saturated heterocycles. The third kappa shape index (κ3) is 1.55. The Morgan fingerprint density at radius 2 is 2.56 bits per heavy atom. The predicted octanol–water partition coefficient (Wildman–Crippen LogP) is 0.881. The number of cyclic esters (lactones) is 2. The lowest BCUT2D eigenvalue weighted by Crippen LogP contribution is -2.28. The van der Waals surface area contributed by atoms with E-state index in [4.69, 9.17) is 0 Å². The second-order valence-corrected chi connectivity index (χ2v) is 1.78. The Labute approximate surface area is 51.7 Å². The zero-order valence-corrected chi connectivity index (χ0v) is 4.80. The van der Waals surface area contributed by atoms with Gasteiger partial charge in [0.05, 0.1) is 6.61 Å². The van der Waals surface area contributed by atoms with Gasteiger partial charge in [0.1, 0.15) is 12.8 Å². The highest BCUT2D eigenvalue weighted by molar-refractivity contribution is 5.60. The van der Waals surface area contributed by atoms with Crippen LogP contribution in [0.1, 0.15) is 6.42 Å². The van der Waals surface area contributed by atoms with Crippen molar-refractivity contribution < 1.29 is 18.7 Å². The third-order valence-electron chi connectivity index (χ3n) is 1.09. The van der Waals surface area contributed by atoms with Crippen LogP contribution in [-0.4, -0.2) is 25.5 Å². The number of halogens is 1. The van der Waals surface area contributed by atoms with E-state index in [9.17, 15) is 9.18 Å². The van der Waals surface area contributed by atoms with Gasteiger partial charge in [0.2, 0.25) is 0 Å². The Kier molecular flexibility index (Phi) is 1.87. The fourth-order valence-corrected chi connectivity index (χ4v) is 0.611. The van der Waals surface area contributed by atoms with Crippen molar-refractivity contribution in [3.63, 3.8) is 0 Å². The average molecular weight is 134 g/mol. The lowest BCUT2D eigenvalue weighted by molar-refractivity contribution is -0.0300. The molecule has 0 aromatic carbocycles. The van der Waals surface area contributed by atoms with E-state index in [0.717, 1.165) is 0 Å². The molecule has 0 amide bonds. The van der Waals surface area contributed by atoms with Crippen LogP contribution in [0.25, 0.3) is 0 Å². The van der Waals surface area contributed by atoms with Crippen LogP contribution in [0.15, 0.2) is 0 Å². The molecule has 1 atom stereocenters. The Bertz CT molecular complexity index is 115. The lowest BCUT2D eigenvalue weighted by Gasteiger charge is -2.18. The minimum atomic E-state index is -0.760. The summed E-state index contributed by atoms with van der Waals surface area (Å²) in [7, 11) is 0. The van der Waals surface area contributed by atoms with Crippen molar-refractivity contribution in [2.45, 2.75) is 12.5 Å². The maximum absolute atomic E-state index is 11.7. The van der Waals surface area contributed by atoms with Crippen LogP contribution in [0.3, 0.4) is 0 Å². The van der Waals surface area contributed by atoms with Gasteiger partial charge >= 0.3 is 6.16 Å². The van der Waals surface area contributed by atoms with E-state index in [-0.39, 0.29) is 6.61 Å². The standard InChI is InChI=1S/C5H7FO3/c6-3-4-1-2-8-5(7)9-4/h4H,1-3H2. The van der Waals surface area contributed by atoms with Crippen LogP contribution in [0, 0.1) is 0 Å². The average Bonchev–Trinajstić information content (AvgIpc) is 1.88. The minimum absolute atomic E-state index is 0.271. The molecule has 0 aromatic rings. The molecule has 0 aliphatic carbocycles. The lowest BCUT2D eigenvalue weighted by atomic mass is 10.3. The fraction of sp³-hybridized carbons (Fsp3) is 0.800. The van der Waals surface area contributed by atoms with E-state index >= 15 is 0 Å². The van der Waals surface area contributed by atoms with E-state index in [0.29, 0.717) is 6.42 Å². The summed E-state index contributed by atoms with van der Waals surface area (Å²) >= 11 is 0. The van der Waals surface area contributed by atoms with Crippen LogP contribution in [-0.2, 0) is 9.47 Å². The number of hydrogen-bond donors (Lipinski definition) is 0. The van der Waals surface area contributed by atoms with Crippen LogP contribution >= 0.6 is 0 Å². The summed E-state index contributed by atoms with van der Waals surface area (Å²) in [6.07, 6.45) is -0.877. The van der Waals surface area contributed by atoms with Crippen LogP contribution < -0.4 is 0 Å². The van der Waals surface area contributed by atoms with Gasteiger partial charge in [0, 0.05) is 6.42 Å². The molecule has 52 valence electrons. The molecule has 9 heavy (non-hydrogen) atoms. The largest absolute Gasteiger partial charge is 0.508 e. The van der Waals surface area contributed by atoms with Crippen molar-refractivity contribution >= 4 is 6.16 Å². The van der Waals surface area contributed by atoms with Gasteiger partial charge in [-0.15, -0.1) is 0 Å². The summed E-state index contributed by atoms with van der Waals surface area (Å²) in [5.41, 5.74) is 0. The Hall–Kier alpha value is -0.800. The van der Waals surface area contributed by atoms with Crippen molar-refractivity contribution in [1.82, 2.24) is 0 Å². The van der Waals surface area contributed by atoms with Gasteiger partial charge in [-0.2, -0.15) is 0 Å². The number of ether oxygens (including phenoxy) is 2. The van der Waals surface area contributed by atoms with Gasteiger partial charge in [-0.05, 0) is 0 Å². The van der Waals surface area contributed by atoms with E-state index in [1.807, 2.05) is 0 Å². The predicted molar refractivity (Wildman–Crippen MR) is 26.8 cm³/mol. The molecule has 1 fully saturated rings. The molecule has 0 radical (unpaired) electrons. The second kappa shape index (κ2) is 2.66. The molecule has 0 spiro atoms. The molecule has 1 heterocycles. The number of rotatable bonds is 1. The van der Waals surface area contributed by atoms with Crippen molar-refractivity contribution in [2.75, 3.05) is 13.3 Å². The first-order chi connectivity index (χ1) is 4.33. The van der Waals surface area contributed by atoms with Gasteiger partial charge in [0.15, 0.2) is 0 Å². The van der Waals surface area contributed by atoms with Crippen molar-refractivity contribution in [3.05, 3.63) is 0 Å². The zero-order valence-electron chi connectivity index (χ0n) is 4.80. The summed E-state index contributed by atoms with van der Waals surface area (Å²) < 4.78 is 20.5. The smallest absolute Gasteiger partial charge is 0.434 e. The highest BCUT2D eigenvalue weighted by Gasteiger charge is 2.20. The molecule has 0 bridgehead atoms. The third-order valence-corrected chi connectivity index (χ3v) is 1.09. The zero-order chi connectivity index (χ0) is 6.69. The minimum Gasteiger partial charge on any atom is -0.434 e. The molecule has 1 aliphatic heterocycles. The first-order valence-corrected chi connectivity index (χ1v) is 2.72. The van der Waals surface area contributed by atoms with Gasteiger partial charge in [-0.25, -0.2) is 9.18 Å². The maximum atomic E-state index is 11.7. The Morgan fingerprint density at radius 1 is 1.78 bits per heavy atom. The number of carbonyl (C=O) groups excluding carboxylic acids is 1. The topological polar surface area (TPSA) is 35.5 Å². The maximum Gasteiger partial charge on any atom is 0.508 e. The fourth-order valence-electron chi connectivity index (χ4n) is 0.611. The van der Waals surface area contributed by atoms with Gasteiger partial charge < -0.3 is 9.47 Å². The van der Waals surface area contributed by atoms with Gasteiger partial charge in [-0.3, -0.25) is 0 Å². The number of alkyl halides is 1. The molecule has 0 saturated carbocycles. The summed E-state index contributed by atoms with van der Waals surface area (Å²) in [5.74, 6) is 0. The molecular weight excluding hydrogens is 127 g/mol. The molecule has 1 unspecified atom stereocenters. The summed E-state index contributed by atoms with van der Waals surface area (Å²) in [6, 6.07) is 0. The Balaban J connectivity index is 2.32. The Morgan fingerprint density at radius 3 is 3.00 bits per heavy atom. The molecule has 0 aromatic heterocycles. The summed E-state index contributed by atoms with van der Waals surface area (Å²) in [4.78, 5) is 10.2. The number of hydrogen-bond acceptors (Lipinski definition) is 3. The van der Waals surface area contributed by atoms with Crippen LogP contribution in [0.2, 0.25) is 0 Å². The van der Waals surface area contributed by atoms with E-state index < -0.39 is 18.9 Å². The first-order valence-electron chi connectivity index (χ1n) is 2.72. The summed E-state index contributed by atoms with van der Waals surface area (Å²) in [5, 5.41) is 0. The van der Waals surface area contributed by atoms with Gasteiger partial charge in [-0.1, -0.05) is 0 Å². The SMILES string of the molecule is O=C1OCCC(CF)O1. The van der Waals surface area contributed by atoms with Gasteiger partial charge in [0.25, 0.3) is 0 Å².